The molecule has 5 heterocycles. The van der Waals surface area contributed by atoms with Gasteiger partial charge in [0.05, 0.1) is 21.5 Å². The lowest BCUT2D eigenvalue weighted by molar-refractivity contribution is 0.860. The third-order valence-electron chi connectivity index (χ3n) is 4.64. The predicted molar refractivity (Wildman–Crippen MR) is 112 cm³/mol. The molecule has 0 bridgehead atoms. The van der Waals surface area contributed by atoms with E-state index in [9.17, 15) is 4.79 Å². The van der Waals surface area contributed by atoms with Crippen molar-refractivity contribution >= 4 is 65.6 Å². The molecule has 5 aromatic heterocycles. The summed E-state index contributed by atoms with van der Waals surface area (Å²) in [5.74, 6) is 1.88. The fourth-order valence-electron chi connectivity index (χ4n) is 3.32. The summed E-state index contributed by atoms with van der Waals surface area (Å²) < 4.78 is 7.45. The number of hydrogen-bond acceptors (Lipinski definition) is 8. The molecular formula is C17H11N7OS3. The third kappa shape index (κ3) is 2.14. The molecule has 1 aromatic carbocycles. The lowest BCUT2D eigenvalue weighted by Crippen LogP contribution is -2.19. The topological polar surface area (TPSA) is 82.4 Å². The number of para-hydroxylation sites is 1. The first-order chi connectivity index (χ1) is 13.7. The molecule has 0 unspecified atom stereocenters. The Balaban J connectivity index is 1.47. The van der Waals surface area contributed by atoms with Gasteiger partial charge in [0, 0.05) is 7.05 Å². The van der Waals surface area contributed by atoms with Gasteiger partial charge in [0.2, 0.25) is 10.7 Å². The summed E-state index contributed by atoms with van der Waals surface area (Å²) in [6, 6.07) is 10.1. The van der Waals surface area contributed by atoms with E-state index in [4.69, 9.17) is 0 Å². The van der Waals surface area contributed by atoms with Crippen molar-refractivity contribution in [2.45, 2.75) is 10.9 Å². The van der Waals surface area contributed by atoms with Gasteiger partial charge in [0.25, 0.3) is 5.56 Å². The molecule has 6 rings (SSSR count). The van der Waals surface area contributed by atoms with Crippen molar-refractivity contribution in [3.05, 3.63) is 51.9 Å². The summed E-state index contributed by atoms with van der Waals surface area (Å²) in [5.41, 5.74) is 1.90. The molecule has 0 amide bonds. The summed E-state index contributed by atoms with van der Waals surface area (Å²) in [7, 11) is 1.72. The fraction of sp³-hybridized carbons (Fsp3) is 0.118. The van der Waals surface area contributed by atoms with Crippen molar-refractivity contribution in [2.75, 3.05) is 0 Å². The Hall–Kier alpha value is -2.76. The van der Waals surface area contributed by atoms with Gasteiger partial charge in [-0.2, -0.15) is 0 Å². The molecular weight excluding hydrogens is 414 g/mol. The highest BCUT2D eigenvalue weighted by molar-refractivity contribution is 7.98. The Morgan fingerprint density at radius 2 is 1.93 bits per heavy atom. The zero-order valence-electron chi connectivity index (χ0n) is 14.4. The first-order valence-electron chi connectivity index (χ1n) is 8.38. The van der Waals surface area contributed by atoms with Gasteiger partial charge in [-0.15, -0.1) is 31.7 Å². The number of thioether (sulfide) groups is 1. The van der Waals surface area contributed by atoms with Crippen molar-refractivity contribution in [3.63, 3.8) is 0 Å². The first-order valence-corrected chi connectivity index (χ1v) is 11.1. The Morgan fingerprint density at radius 3 is 2.86 bits per heavy atom. The predicted octanol–water partition coefficient (Wildman–Crippen LogP) is 3.19. The van der Waals surface area contributed by atoms with Crippen LogP contribution in [0.5, 0.6) is 0 Å². The minimum absolute atomic E-state index is 0.0481. The van der Waals surface area contributed by atoms with Gasteiger partial charge in [-0.1, -0.05) is 35.2 Å². The molecule has 0 fully saturated rings. The van der Waals surface area contributed by atoms with Gasteiger partial charge in [-0.05, 0) is 23.6 Å². The SMILES string of the molecule is Cn1c(=O)c2sccc2n2c(CSc3nnc4sc5ccccc5n34)nnc12. The number of fused-ring (bicyclic) bond motifs is 6. The maximum Gasteiger partial charge on any atom is 0.272 e. The van der Waals surface area contributed by atoms with Crippen LogP contribution in [0.25, 0.3) is 31.2 Å². The highest BCUT2D eigenvalue weighted by atomic mass is 32.2. The average Bonchev–Trinajstić information content (AvgIpc) is 3.46. The van der Waals surface area contributed by atoms with Crippen LogP contribution in [0.2, 0.25) is 0 Å². The van der Waals surface area contributed by atoms with E-state index in [2.05, 4.69) is 36.9 Å². The normalized spacial score (nSPS) is 12.2. The minimum atomic E-state index is -0.0481. The standard InChI is InChI=1S/C17H11N7OS3/c1-22-14(25)13-10(6-7-26-13)23-12(18-19-15(22)23)8-27-16-20-21-17-24(16)9-4-2-3-5-11(9)28-17/h2-7H,8H2,1H3. The molecule has 28 heavy (non-hydrogen) atoms. The van der Waals surface area contributed by atoms with Crippen molar-refractivity contribution in [1.29, 1.82) is 0 Å². The molecule has 0 aliphatic rings. The second-order valence-electron chi connectivity index (χ2n) is 6.21. The van der Waals surface area contributed by atoms with Crippen LogP contribution in [0.4, 0.5) is 0 Å². The summed E-state index contributed by atoms with van der Waals surface area (Å²) in [6.07, 6.45) is 0. The number of thiazole rings is 1. The molecule has 0 saturated carbocycles. The van der Waals surface area contributed by atoms with Crippen molar-refractivity contribution in [3.8, 4) is 0 Å². The molecule has 11 heteroatoms. The molecule has 0 aliphatic carbocycles. The van der Waals surface area contributed by atoms with Crippen LogP contribution in [-0.2, 0) is 12.8 Å². The van der Waals surface area contributed by atoms with E-state index < -0.39 is 0 Å². The molecule has 6 aromatic rings. The Bertz CT molecular complexity index is 1570. The zero-order chi connectivity index (χ0) is 18.8. The van der Waals surface area contributed by atoms with E-state index in [-0.39, 0.29) is 5.56 Å². The number of rotatable bonds is 3. The van der Waals surface area contributed by atoms with Crippen LogP contribution < -0.4 is 5.56 Å². The van der Waals surface area contributed by atoms with Crippen LogP contribution in [0.1, 0.15) is 5.82 Å². The molecule has 0 atom stereocenters. The molecule has 0 aliphatic heterocycles. The van der Waals surface area contributed by atoms with E-state index in [0.29, 0.717) is 16.2 Å². The number of thiophene rings is 1. The maximum atomic E-state index is 12.5. The second-order valence-corrected chi connectivity index (χ2v) is 9.08. The van der Waals surface area contributed by atoms with Crippen LogP contribution >= 0.6 is 34.4 Å². The molecule has 0 saturated heterocycles. The van der Waals surface area contributed by atoms with Crippen LogP contribution in [0, 0.1) is 0 Å². The van der Waals surface area contributed by atoms with Gasteiger partial charge < -0.3 is 0 Å². The van der Waals surface area contributed by atoms with E-state index in [1.807, 2.05) is 28.0 Å². The van der Waals surface area contributed by atoms with E-state index in [0.717, 1.165) is 27.0 Å². The van der Waals surface area contributed by atoms with E-state index >= 15 is 0 Å². The van der Waals surface area contributed by atoms with E-state index in [1.165, 1.54) is 16.0 Å². The van der Waals surface area contributed by atoms with Gasteiger partial charge in [-0.3, -0.25) is 18.2 Å². The lowest BCUT2D eigenvalue weighted by Gasteiger charge is -2.04. The number of nitrogens with zero attached hydrogens (tertiary/aromatic N) is 7. The summed E-state index contributed by atoms with van der Waals surface area (Å²) in [4.78, 5) is 13.3. The minimum Gasteiger partial charge on any atom is -0.279 e. The molecule has 0 spiro atoms. The summed E-state index contributed by atoms with van der Waals surface area (Å²) in [5, 5.41) is 20.0. The second kappa shape index (κ2) is 5.87. The Kier molecular flexibility index (Phi) is 3.40. The largest absolute Gasteiger partial charge is 0.279 e. The maximum absolute atomic E-state index is 12.5. The lowest BCUT2D eigenvalue weighted by atomic mass is 10.3. The monoisotopic (exact) mass is 425 g/mol. The van der Waals surface area contributed by atoms with Crippen molar-refractivity contribution in [2.24, 2.45) is 7.05 Å². The number of aromatic nitrogens is 7. The molecule has 138 valence electrons. The number of aryl methyl sites for hydroxylation is 1. The van der Waals surface area contributed by atoms with Crippen molar-refractivity contribution in [1.82, 2.24) is 33.8 Å². The molecule has 8 nitrogen and oxygen atoms in total. The van der Waals surface area contributed by atoms with Crippen molar-refractivity contribution < 1.29 is 0 Å². The number of hydrogen-bond donors (Lipinski definition) is 0. The van der Waals surface area contributed by atoms with Crippen LogP contribution in [0.3, 0.4) is 0 Å². The highest BCUT2D eigenvalue weighted by Gasteiger charge is 2.18. The Morgan fingerprint density at radius 1 is 1.04 bits per heavy atom. The first kappa shape index (κ1) is 16.2. The Labute approximate surface area is 169 Å². The van der Waals surface area contributed by atoms with Gasteiger partial charge in [0.15, 0.2) is 5.16 Å². The van der Waals surface area contributed by atoms with Crippen LogP contribution in [0.15, 0.2) is 45.7 Å². The van der Waals surface area contributed by atoms with Gasteiger partial charge in [0.1, 0.15) is 10.5 Å². The quantitative estimate of drug-likeness (QED) is 0.405. The average molecular weight is 426 g/mol. The third-order valence-corrected chi connectivity index (χ3v) is 7.47. The van der Waals surface area contributed by atoms with Gasteiger partial charge in [-0.25, -0.2) is 0 Å². The summed E-state index contributed by atoms with van der Waals surface area (Å²) >= 11 is 4.61. The number of benzene rings is 1. The zero-order valence-corrected chi connectivity index (χ0v) is 16.9. The van der Waals surface area contributed by atoms with Gasteiger partial charge >= 0.3 is 0 Å². The molecule has 0 N–H and O–H groups in total. The smallest absolute Gasteiger partial charge is 0.272 e. The summed E-state index contributed by atoms with van der Waals surface area (Å²) in [6.45, 7) is 0. The molecule has 0 radical (unpaired) electrons. The fourth-order valence-corrected chi connectivity index (χ4v) is 6.06. The highest BCUT2D eigenvalue weighted by Crippen LogP contribution is 2.31. The van der Waals surface area contributed by atoms with Crippen LogP contribution in [-0.4, -0.2) is 33.8 Å². The van der Waals surface area contributed by atoms with E-state index in [1.54, 1.807) is 34.7 Å².